The quantitative estimate of drug-likeness (QED) is 0.604. The summed E-state index contributed by atoms with van der Waals surface area (Å²) in [5, 5.41) is 0. The molecule has 1 rings (SSSR count). The lowest BCUT2D eigenvalue weighted by atomic mass is 10.1. The third kappa shape index (κ3) is 2.26. The van der Waals surface area contributed by atoms with Gasteiger partial charge in [-0.2, -0.15) is 0 Å². The zero-order chi connectivity index (χ0) is 8.10. The van der Waals surface area contributed by atoms with Crippen LogP contribution in [0, 0.1) is 0 Å². The highest BCUT2D eigenvalue weighted by atomic mass is 32.2. The molecule has 0 bridgehead atoms. The predicted octanol–water partition coefficient (Wildman–Crippen LogP) is 3.53. The normalized spacial score (nSPS) is 19.4. The topological polar surface area (TPSA) is 0 Å². The lowest BCUT2D eigenvalue weighted by Crippen LogP contribution is -1.94. The highest BCUT2D eigenvalue weighted by molar-refractivity contribution is 8.03. The summed E-state index contributed by atoms with van der Waals surface area (Å²) in [4.78, 5) is 1.41. The molecule has 0 aromatic rings. The molecule has 0 N–H and O–H groups in total. The van der Waals surface area contributed by atoms with Gasteiger partial charge in [0.1, 0.15) is 0 Å². The molecular formula is C10H14S. The summed E-state index contributed by atoms with van der Waals surface area (Å²) in [5.41, 5.74) is 1.42. The minimum absolute atomic E-state index is 1.20. The SMILES string of the molecule is C=CC1=C(/C=C\C)SCCC1. The fourth-order valence-electron chi connectivity index (χ4n) is 1.17. The number of hydrogen-bond donors (Lipinski definition) is 0. The van der Waals surface area contributed by atoms with E-state index in [1.807, 2.05) is 17.8 Å². The Morgan fingerprint density at radius 2 is 2.36 bits per heavy atom. The van der Waals surface area contributed by atoms with Gasteiger partial charge in [-0.1, -0.05) is 24.8 Å². The van der Waals surface area contributed by atoms with Crippen molar-refractivity contribution in [3.05, 3.63) is 35.3 Å². The Hall–Kier alpha value is -0.430. The fraction of sp³-hybridized carbons (Fsp3) is 0.400. The van der Waals surface area contributed by atoms with Gasteiger partial charge < -0.3 is 0 Å². The second kappa shape index (κ2) is 4.45. The summed E-state index contributed by atoms with van der Waals surface area (Å²) < 4.78 is 0. The average Bonchev–Trinajstić information content (AvgIpc) is 2.06. The van der Waals surface area contributed by atoms with E-state index in [0.29, 0.717) is 0 Å². The van der Waals surface area contributed by atoms with Crippen LogP contribution in [-0.2, 0) is 0 Å². The van der Waals surface area contributed by atoms with Gasteiger partial charge in [0.05, 0.1) is 0 Å². The summed E-state index contributed by atoms with van der Waals surface area (Å²) in [6.07, 6.45) is 8.77. The Bertz CT molecular complexity index is 199. The van der Waals surface area contributed by atoms with Crippen LogP contribution < -0.4 is 0 Å². The van der Waals surface area contributed by atoms with Crippen molar-refractivity contribution in [2.45, 2.75) is 19.8 Å². The summed E-state index contributed by atoms with van der Waals surface area (Å²) in [6, 6.07) is 0. The Labute approximate surface area is 73.1 Å². The molecule has 1 heteroatoms. The van der Waals surface area contributed by atoms with Crippen LogP contribution in [0.4, 0.5) is 0 Å². The fourth-order valence-corrected chi connectivity index (χ4v) is 2.28. The first-order chi connectivity index (χ1) is 5.38. The van der Waals surface area contributed by atoms with Crippen LogP contribution in [0.15, 0.2) is 35.3 Å². The van der Waals surface area contributed by atoms with Gasteiger partial charge in [0.25, 0.3) is 0 Å². The average molecular weight is 166 g/mol. The van der Waals surface area contributed by atoms with Gasteiger partial charge in [-0.15, -0.1) is 11.8 Å². The third-order valence-corrected chi connectivity index (χ3v) is 2.93. The first kappa shape index (κ1) is 8.66. The van der Waals surface area contributed by atoms with E-state index >= 15 is 0 Å². The van der Waals surface area contributed by atoms with Crippen molar-refractivity contribution in [3.63, 3.8) is 0 Å². The molecule has 0 amide bonds. The molecule has 0 fully saturated rings. The molecule has 0 saturated carbocycles. The van der Waals surface area contributed by atoms with Crippen molar-refractivity contribution < 1.29 is 0 Å². The summed E-state index contributed by atoms with van der Waals surface area (Å²) >= 11 is 1.94. The molecule has 0 unspecified atom stereocenters. The van der Waals surface area contributed by atoms with Crippen molar-refractivity contribution in [1.29, 1.82) is 0 Å². The second-order valence-corrected chi connectivity index (χ2v) is 3.68. The van der Waals surface area contributed by atoms with Gasteiger partial charge in [-0.3, -0.25) is 0 Å². The summed E-state index contributed by atoms with van der Waals surface area (Å²) in [5.74, 6) is 1.26. The van der Waals surface area contributed by atoms with Crippen molar-refractivity contribution in [1.82, 2.24) is 0 Å². The van der Waals surface area contributed by atoms with Gasteiger partial charge in [-0.25, -0.2) is 0 Å². The van der Waals surface area contributed by atoms with Crippen LogP contribution in [0.1, 0.15) is 19.8 Å². The summed E-state index contributed by atoms with van der Waals surface area (Å²) in [7, 11) is 0. The van der Waals surface area contributed by atoms with Crippen LogP contribution in [-0.4, -0.2) is 5.75 Å². The molecule has 11 heavy (non-hydrogen) atoms. The van der Waals surface area contributed by atoms with Gasteiger partial charge in [0.2, 0.25) is 0 Å². The van der Waals surface area contributed by atoms with Gasteiger partial charge in [0.15, 0.2) is 0 Å². The highest BCUT2D eigenvalue weighted by Crippen LogP contribution is 2.30. The Balaban J connectivity index is 2.81. The first-order valence-corrected chi connectivity index (χ1v) is 4.98. The molecule has 1 aliphatic rings. The van der Waals surface area contributed by atoms with Crippen LogP contribution in [0.25, 0.3) is 0 Å². The van der Waals surface area contributed by atoms with E-state index in [2.05, 4.69) is 25.7 Å². The standard InChI is InChI=1S/C10H14S/c1-3-6-10-9(4-2)7-5-8-11-10/h3-4,6H,2,5,7-8H2,1H3/b6-3-. The number of rotatable bonds is 2. The lowest BCUT2D eigenvalue weighted by molar-refractivity contribution is 0.926. The first-order valence-electron chi connectivity index (χ1n) is 3.99. The third-order valence-electron chi connectivity index (χ3n) is 1.73. The second-order valence-electron chi connectivity index (χ2n) is 2.55. The van der Waals surface area contributed by atoms with E-state index in [1.54, 1.807) is 0 Å². The van der Waals surface area contributed by atoms with E-state index in [0.717, 1.165) is 0 Å². The summed E-state index contributed by atoms with van der Waals surface area (Å²) in [6.45, 7) is 5.87. The van der Waals surface area contributed by atoms with Gasteiger partial charge >= 0.3 is 0 Å². The van der Waals surface area contributed by atoms with Crippen molar-refractivity contribution in [2.24, 2.45) is 0 Å². The molecule has 0 aromatic heterocycles. The highest BCUT2D eigenvalue weighted by Gasteiger charge is 2.07. The number of hydrogen-bond acceptors (Lipinski definition) is 1. The molecule has 0 aliphatic carbocycles. The van der Waals surface area contributed by atoms with Crippen LogP contribution in [0.3, 0.4) is 0 Å². The van der Waals surface area contributed by atoms with Crippen molar-refractivity contribution >= 4 is 11.8 Å². The number of allylic oxidation sites excluding steroid dienone is 4. The molecule has 0 spiro atoms. The van der Waals surface area contributed by atoms with Gasteiger partial charge in [0, 0.05) is 4.91 Å². The molecule has 0 aromatic carbocycles. The Morgan fingerprint density at radius 3 is 3.00 bits per heavy atom. The zero-order valence-electron chi connectivity index (χ0n) is 6.97. The minimum atomic E-state index is 1.20. The smallest absolute Gasteiger partial charge is 0.0100 e. The van der Waals surface area contributed by atoms with E-state index in [9.17, 15) is 0 Å². The minimum Gasteiger partial charge on any atom is -0.126 e. The van der Waals surface area contributed by atoms with Gasteiger partial charge in [-0.05, 0) is 31.1 Å². The molecule has 0 atom stereocenters. The monoisotopic (exact) mass is 166 g/mol. The maximum atomic E-state index is 3.81. The maximum absolute atomic E-state index is 3.81. The molecule has 0 nitrogen and oxygen atoms in total. The molecule has 0 radical (unpaired) electrons. The Kier molecular flexibility index (Phi) is 3.50. The van der Waals surface area contributed by atoms with Crippen LogP contribution in [0.5, 0.6) is 0 Å². The zero-order valence-corrected chi connectivity index (χ0v) is 7.79. The maximum Gasteiger partial charge on any atom is 0.0100 e. The molecule has 0 saturated heterocycles. The van der Waals surface area contributed by atoms with Crippen molar-refractivity contribution in [2.75, 3.05) is 5.75 Å². The van der Waals surface area contributed by atoms with Crippen molar-refractivity contribution in [3.8, 4) is 0 Å². The lowest BCUT2D eigenvalue weighted by Gasteiger charge is -2.14. The molecule has 60 valence electrons. The van der Waals surface area contributed by atoms with E-state index < -0.39 is 0 Å². The van der Waals surface area contributed by atoms with E-state index in [1.165, 1.54) is 29.1 Å². The predicted molar refractivity (Wildman–Crippen MR) is 53.7 cm³/mol. The molecular weight excluding hydrogens is 152 g/mol. The Morgan fingerprint density at radius 1 is 1.55 bits per heavy atom. The largest absolute Gasteiger partial charge is 0.126 e. The van der Waals surface area contributed by atoms with E-state index in [-0.39, 0.29) is 0 Å². The number of thioether (sulfide) groups is 1. The molecule has 1 aliphatic heterocycles. The van der Waals surface area contributed by atoms with Crippen LogP contribution >= 0.6 is 11.8 Å². The van der Waals surface area contributed by atoms with E-state index in [4.69, 9.17) is 0 Å². The van der Waals surface area contributed by atoms with Crippen LogP contribution in [0.2, 0.25) is 0 Å². The molecule has 1 heterocycles.